The van der Waals surface area contributed by atoms with E-state index in [9.17, 15) is 19.5 Å². The normalized spacial score (nSPS) is 20.0. The molecule has 2 aliphatic rings. The number of rotatable bonds is 8. The molecule has 0 radical (unpaired) electrons. The van der Waals surface area contributed by atoms with Crippen LogP contribution < -0.4 is 10.6 Å². The third-order valence-corrected chi connectivity index (χ3v) is 6.69. The lowest BCUT2D eigenvalue weighted by Gasteiger charge is -2.27. The van der Waals surface area contributed by atoms with E-state index in [1.807, 2.05) is 36.4 Å². The summed E-state index contributed by atoms with van der Waals surface area (Å²) in [4.78, 5) is 35.4. The van der Waals surface area contributed by atoms with Gasteiger partial charge in [-0.05, 0) is 47.9 Å². The number of nitrogens with one attached hydrogen (secondary N) is 2. The van der Waals surface area contributed by atoms with E-state index in [2.05, 4.69) is 22.8 Å². The molecule has 8 heteroatoms. The van der Waals surface area contributed by atoms with Crippen molar-refractivity contribution in [2.24, 2.45) is 5.92 Å². The molecule has 4 rings (SSSR count). The predicted molar refractivity (Wildman–Crippen MR) is 125 cm³/mol. The van der Waals surface area contributed by atoms with Crippen molar-refractivity contribution < 1.29 is 29.3 Å². The molecule has 2 aromatic carbocycles. The number of hydrogen-bond acceptors (Lipinski definition) is 5. The minimum absolute atomic E-state index is 0.0509. The maximum Gasteiger partial charge on any atom is 0.407 e. The van der Waals surface area contributed by atoms with Crippen LogP contribution in [-0.2, 0) is 14.3 Å². The third-order valence-electron chi connectivity index (χ3n) is 6.69. The summed E-state index contributed by atoms with van der Waals surface area (Å²) < 4.78 is 5.44. The Kier molecular flexibility index (Phi) is 7.47. The molecule has 0 heterocycles. The Balaban J connectivity index is 1.19. The fraction of sp³-hybridized carbons (Fsp3) is 0.423. The monoisotopic (exact) mass is 466 g/mol. The van der Waals surface area contributed by atoms with Crippen LogP contribution in [-0.4, -0.2) is 53.5 Å². The highest BCUT2D eigenvalue weighted by Crippen LogP contribution is 2.44. The van der Waals surface area contributed by atoms with Crippen LogP contribution >= 0.6 is 0 Å². The zero-order chi connectivity index (χ0) is 24.1. The summed E-state index contributed by atoms with van der Waals surface area (Å²) >= 11 is 0. The van der Waals surface area contributed by atoms with Crippen molar-refractivity contribution in [3.8, 4) is 11.1 Å². The van der Waals surface area contributed by atoms with E-state index in [-0.39, 0.29) is 43.4 Å². The predicted octanol–water partition coefficient (Wildman–Crippen LogP) is 3.04. The quantitative estimate of drug-likeness (QED) is 0.474. The SMILES string of the molecule is O=C(CC(O)CNC(=O)OCC1c2ccccc2-c2ccccc21)NC1CCC(C(=O)O)CC1. The molecule has 0 saturated heterocycles. The molecule has 2 aromatic rings. The maximum atomic E-state index is 12.2. The number of carboxylic acid groups (broad SMARTS) is 1. The molecule has 1 saturated carbocycles. The van der Waals surface area contributed by atoms with Gasteiger partial charge in [0.15, 0.2) is 0 Å². The van der Waals surface area contributed by atoms with Crippen LogP contribution in [0.25, 0.3) is 11.1 Å². The Morgan fingerprint density at radius 1 is 0.941 bits per heavy atom. The van der Waals surface area contributed by atoms with Crippen LogP contribution in [0.4, 0.5) is 4.79 Å². The van der Waals surface area contributed by atoms with E-state index in [0.717, 1.165) is 22.3 Å². The molecular weight excluding hydrogens is 436 g/mol. The Labute approximate surface area is 198 Å². The Bertz CT molecular complexity index is 1000. The van der Waals surface area contributed by atoms with Gasteiger partial charge in [-0.2, -0.15) is 0 Å². The van der Waals surface area contributed by atoms with Crippen LogP contribution in [0, 0.1) is 5.92 Å². The lowest BCUT2D eigenvalue weighted by atomic mass is 9.86. The number of fused-ring (bicyclic) bond motifs is 3. The fourth-order valence-corrected chi connectivity index (χ4v) is 4.91. The van der Waals surface area contributed by atoms with Gasteiger partial charge in [0.25, 0.3) is 0 Å². The molecule has 180 valence electrons. The van der Waals surface area contributed by atoms with Crippen LogP contribution in [0.3, 0.4) is 0 Å². The lowest BCUT2D eigenvalue weighted by Crippen LogP contribution is -2.41. The van der Waals surface area contributed by atoms with Crippen molar-refractivity contribution in [3.05, 3.63) is 59.7 Å². The first kappa shape index (κ1) is 23.8. The first-order chi connectivity index (χ1) is 16.4. The molecule has 0 aromatic heterocycles. The largest absolute Gasteiger partial charge is 0.481 e. The molecule has 2 aliphatic carbocycles. The van der Waals surface area contributed by atoms with Crippen LogP contribution in [0.2, 0.25) is 0 Å². The number of ether oxygens (including phenoxy) is 1. The number of carbonyl (C=O) groups excluding carboxylic acids is 2. The number of alkyl carbamates (subject to hydrolysis) is 1. The molecule has 1 unspecified atom stereocenters. The average Bonchev–Trinajstić information content (AvgIpc) is 3.15. The average molecular weight is 467 g/mol. The highest BCUT2D eigenvalue weighted by Gasteiger charge is 2.29. The number of benzene rings is 2. The zero-order valence-corrected chi connectivity index (χ0v) is 18.9. The van der Waals surface area contributed by atoms with Crippen molar-refractivity contribution in [3.63, 3.8) is 0 Å². The smallest absolute Gasteiger partial charge is 0.407 e. The van der Waals surface area contributed by atoms with E-state index in [1.54, 1.807) is 0 Å². The van der Waals surface area contributed by atoms with Crippen molar-refractivity contribution in [1.82, 2.24) is 10.6 Å². The molecular formula is C26H30N2O6. The van der Waals surface area contributed by atoms with Crippen molar-refractivity contribution in [1.29, 1.82) is 0 Å². The third kappa shape index (κ3) is 5.56. The van der Waals surface area contributed by atoms with Gasteiger partial charge in [-0.15, -0.1) is 0 Å². The fourth-order valence-electron chi connectivity index (χ4n) is 4.91. The molecule has 4 N–H and O–H groups in total. The molecule has 0 bridgehead atoms. The van der Waals surface area contributed by atoms with E-state index in [4.69, 9.17) is 9.84 Å². The van der Waals surface area contributed by atoms with E-state index < -0.39 is 18.2 Å². The lowest BCUT2D eigenvalue weighted by molar-refractivity contribution is -0.142. The Morgan fingerprint density at radius 3 is 2.12 bits per heavy atom. The Morgan fingerprint density at radius 2 is 1.53 bits per heavy atom. The van der Waals surface area contributed by atoms with Crippen LogP contribution in [0.15, 0.2) is 48.5 Å². The summed E-state index contributed by atoms with van der Waals surface area (Å²) in [6.45, 7) is 0.0747. The first-order valence-electron chi connectivity index (χ1n) is 11.7. The topological polar surface area (TPSA) is 125 Å². The number of carboxylic acids is 1. The molecule has 34 heavy (non-hydrogen) atoms. The molecule has 8 nitrogen and oxygen atoms in total. The van der Waals surface area contributed by atoms with E-state index in [1.165, 1.54) is 0 Å². The number of aliphatic hydroxyl groups is 1. The number of hydrogen-bond donors (Lipinski definition) is 4. The minimum atomic E-state index is -1.05. The van der Waals surface area contributed by atoms with Crippen LogP contribution in [0.1, 0.15) is 49.1 Å². The van der Waals surface area contributed by atoms with Gasteiger partial charge in [0.05, 0.1) is 18.4 Å². The molecule has 2 amide bonds. The van der Waals surface area contributed by atoms with Gasteiger partial charge in [0.2, 0.25) is 5.91 Å². The first-order valence-corrected chi connectivity index (χ1v) is 11.7. The second-order valence-electron chi connectivity index (χ2n) is 9.02. The summed E-state index contributed by atoms with van der Waals surface area (Å²) in [6.07, 6.45) is 0.443. The summed E-state index contributed by atoms with van der Waals surface area (Å²) in [6, 6.07) is 16.0. The highest BCUT2D eigenvalue weighted by molar-refractivity contribution is 5.79. The standard InChI is InChI=1S/C26H30N2O6/c29-18(13-24(30)28-17-11-9-16(10-12-17)25(31)32)14-27-26(33)34-15-23-21-7-3-1-5-19(21)20-6-2-4-8-22(20)23/h1-8,16-18,23,29H,9-15H2,(H,27,33)(H,28,30)(H,31,32). The van der Waals surface area contributed by atoms with Crippen molar-refractivity contribution in [2.75, 3.05) is 13.2 Å². The second-order valence-corrected chi connectivity index (χ2v) is 9.02. The minimum Gasteiger partial charge on any atom is -0.481 e. The molecule has 0 spiro atoms. The Hall–Kier alpha value is -3.39. The second kappa shape index (κ2) is 10.7. The molecule has 0 aliphatic heterocycles. The van der Waals surface area contributed by atoms with E-state index in [0.29, 0.717) is 25.7 Å². The van der Waals surface area contributed by atoms with Crippen LogP contribution in [0.5, 0.6) is 0 Å². The van der Waals surface area contributed by atoms with Gasteiger partial charge in [0.1, 0.15) is 6.61 Å². The zero-order valence-electron chi connectivity index (χ0n) is 18.9. The molecule has 1 fully saturated rings. The van der Waals surface area contributed by atoms with Gasteiger partial charge in [-0.25, -0.2) is 4.79 Å². The van der Waals surface area contributed by atoms with Crippen molar-refractivity contribution in [2.45, 2.75) is 50.2 Å². The number of carbonyl (C=O) groups is 3. The summed E-state index contributed by atoms with van der Waals surface area (Å²) in [5.41, 5.74) is 4.52. The molecule has 1 atom stereocenters. The van der Waals surface area contributed by atoms with E-state index >= 15 is 0 Å². The summed E-state index contributed by atoms with van der Waals surface area (Å²) in [5.74, 6) is -1.51. The number of aliphatic hydroxyl groups excluding tert-OH is 1. The number of aliphatic carboxylic acids is 1. The van der Waals surface area contributed by atoms with Gasteiger partial charge >= 0.3 is 12.1 Å². The number of amides is 2. The maximum absolute atomic E-state index is 12.2. The summed E-state index contributed by atoms with van der Waals surface area (Å²) in [5, 5.41) is 24.6. The highest BCUT2D eigenvalue weighted by atomic mass is 16.5. The van der Waals surface area contributed by atoms with Crippen molar-refractivity contribution >= 4 is 18.0 Å². The van der Waals surface area contributed by atoms with Gasteiger partial charge in [-0.3, -0.25) is 9.59 Å². The van der Waals surface area contributed by atoms with Gasteiger partial charge < -0.3 is 25.6 Å². The van der Waals surface area contributed by atoms with Gasteiger partial charge in [-0.1, -0.05) is 48.5 Å². The van der Waals surface area contributed by atoms with Gasteiger partial charge in [0, 0.05) is 18.5 Å². The summed E-state index contributed by atoms with van der Waals surface area (Å²) in [7, 11) is 0.